The summed E-state index contributed by atoms with van der Waals surface area (Å²) >= 11 is 1.69. The molecule has 0 saturated heterocycles. The number of aromatic nitrogens is 1. The molecule has 0 amide bonds. The number of nitrogens with one attached hydrogen (secondary N) is 1. The molecule has 18 heavy (non-hydrogen) atoms. The fourth-order valence-electron chi connectivity index (χ4n) is 1.97. The molecule has 1 unspecified atom stereocenters. The smallest absolute Gasteiger partial charge is 0.124 e. The number of nitrogens with zero attached hydrogens (tertiary/aromatic N) is 1. The van der Waals surface area contributed by atoms with E-state index in [-0.39, 0.29) is 6.04 Å². The van der Waals surface area contributed by atoms with E-state index in [4.69, 9.17) is 4.74 Å². The zero-order valence-electron chi connectivity index (χ0n) is 10.7. The molecule has 0 radical (unpaired) electrons. The van der Waals surface area contributed by atoms with E-state index >= 15 is 0 Å². The summed E-state index contributed by atoms with van der Waals surface area (Å²) in [7, 11) is 1.98. The molecular weight excluding hydrogens is 244 g/mol. The third-order valence-corrected chi connectivity index (χ3v) is 3.63. The molecule has 1 N–H and O–H groups in total. The molecule has 0 aliphatic rings. The van der Waals surface area contributed by atoms with Gasteiger partial charge in [0.15, 0.2) is 0 Å². The minimum Gasteiger partial charge on any atom is -0.494 e. The Balaban J connectivity index is 2.21. The third kappa shape index (κ3) is 3.09. The van der Waals surface area contributed by atoms with E-state index in [9.17, 15) is 0 Å². The van der Waals surface area contributed by atoms with Crippen LogP contribution in [0, 0.1) is 0 Å². The van der Waals surface area contributed by atoms with E-state index in [1.165, 1.54) is 10.4 Å². The predicted molar refractivity (Wildman–Crippen MR) is 75.2 cm³/mol. The number of hydrogen-bond donors (Lipinski definition) is 1. The van der Waals surface area contributed by atoms with Crippen molar-refractivity contribution in [2.45, 2.75) is 19.4 Å². The number of ether oxygens (including phenoxy) is 1. The number of likely N-dealkylation sites (N-methyl/N-ethyl adjacent to an activating group) is 1. The molecule has 3 nitrogen and oxygen atoms in total. The molecular formula is C14H18N2OS. The van der Waals surface area contributed by atoms with Gasteiger partial charge in [0.25, 0.3) is 0 Å². The van der Waals surface area contributed by atoms with Crippen LogP contribution in [-0.2, 0) is 6.42 Å². The van der Waals surface area contributed by atoms with Gasteiger partial charge in [0.1, 0.15) is 5.75 Å². The van der Waals surface area contributed by atoms with Gasteiger partial charge in [-0.2, -0.15) is 0 Å². The largest absolute Gasteiger partial charge is 0.494 e. The average molecular weight is 262 g/mol. The molecule has 0 spiro atoms. The van der Waals surface area contributed by atoms with Crippen LogP contribution in [0.15, 0.2) is 36.0 Å². The van der Waals surface area contributed by atoms with Gasteiger partial charge in [0, 0.05) is 29.1 Å². The minimum absolute atomic E-state index is 0.258. The summed E-state index contributed by atoms with van der Waals surface area (Å²) in [6, 6.07) is 8.46. The lowest BCUT2D eigenvalue weighted by molar-refractivity contribution is 0.332. The van der Waals surface area contributed by atoms with Crippen LogP contribution in [0.5, 0.6) is 5.75 Å². The molecule has 0 aliphatic carbocycles. The van der Waals surface area contributed by atoms with E-state index < -0.39 is 0 Å². The van der Waals surface area contributed by atoms with Gasteiger partial charge in [0.2, 0.25) is 0 Å². The zero-order valence-corrected chi connectivity index (χ0v) is 11.5. The maximum absolute atomic E-state index is 5.69. The summed E-state index contributed by atoms with van der Waals surface area (Å²) in [5.41, 5.74) is 3.08. The first-order valence-electron chi connectivity index (χ1n) is 6.11. The number of para-hydroxylation sites is 1. The second kappa shape index (κ2) is 6.52. The van der Waals surface area contributed by atoms with Crippen molar-refractivity contribution < 1.29 is 4.74 Å². The lowest BCUT2D eigenvalue weighted by atomic mass is 10.0. The Morgan fingerprint density at radius 1 is 1.39 bits per heavy atom. The fraction of sp³-hybridized carbons (Fsp3) is 0.357. The topological polar surface area (TPSA) is 34.1 Å². The molecule has 0 aliphatic heterocycles. The predicted octanol–water partition coefficient (Wildman–Crippen LogP) is 3.05. The van der Waals surface area contributed by atoms with Crippen LogP contribution in [0.2, 0.25) is 0 Å². The first-order chi connectivity index (χ1) is 8.85. The fourth-order valence-corrected chi connectivity index (χ4v) is 2.61. The number of rotatable bonds is 6. The molecule has 1 aromatic carbocycles. The van der Waals surface area contributed by atoms with Crippen molar-refractivity contribution in [1.29, 1.82) is 0 Å². The van der Waals surface area contributed by atoms with Crippen LogP contribution >= 0.6 is 11.3 Å². The lowest BCUT2D eigenvalue weighted by Gasteiger charge is -2.19. The van der Waals surface area contributed by atoms with Crippen LogP contribution in [0.3, 0.4) is 0 Å². The second-order valence-electron chi connectivity index (χ2n) is 3.98. The SMILES string of the molecule is CCOc1ccccc1C(Cc1cncs1)NC. The molecule has 96 valence electrons. The Kier molecular flexibility index (Phi) is 4.73. The van der Waals surface area contributed by atoms with E-state index in [1.807, 2.05) is 37.8 Å². The molecule has 0 saturated carbocycles. The highest BCUT2D eigenvalue weighted by atomic mass is 32.1. The van der Waals surface area contributed by atoms with Crippen LogP contribution in [0.4, 0.5) is 0 Å². The van der Waals surface area contributed by atoms with Gasteiger partial charge in [-0.1, -0.05) is 18.2 Å². The summed E-state index contributed by atoms with van der Waals surface area (Å²) in [6.07, 6.45) is 2.86. The Bertz CT molecular complexity index is 470. The van der Waals surface area contributed by atoms with Crippen molar-refractivity contribution in [2.75, 3.05) is 13.7 Å². The molecule has 4 heteroatoms. The average Bonchev–Trinajstić information content (AvgIpc) is 2.90. The van der Waals surface area contributed by atoms with E-state index in [0.717, 1.165) is 12.2 Å². The van der Waals surface area contributed by atoms with Crippen LogP contribution in [-0.4, -0.2) is 18.6 Å². The molecule has 2 aromatic rings. The van der Waals surface area contributed by atoms with Crippen molar-refractivity contribution in [1.82, 2.24) is 10.3 Å². The van der Waals surface area contributed by atoms with Crippen molar-refractivity contribution in [3.8, 4) is 5.75 Å². The van der Waals surface area contributed by atoms with Crippen molar-refractivity contribution >= 4 is 11.3 Å². The van der Waals surface area contributed by atoms with Crippen LogP contribution in [0.25, 0.3) is 0 Å². The van der Waals surface area contributed by atoms with Crippen LogP contribution < -0.4 is 10.1 Å². The molecule has 2 rings (SSSR count). The normalized spacial score (nSPS) is 12.3. The van der Waals surface area contributed by atoms with E-state index in [1.54, 1.807) is 11.3 Å². The quantitative estimate of drug-likeness (QED) is 0.869. The highest BCUT2D eigenvalue weighted by Gasteiger charge is 2.15. The molecule has 1 heterocycles. The van der Waals surface area contributed by atoms with Gasteiger partial charge in [-0.15, -0.1) is 11.3 Å². The van der Waals surface area contributed by atoms with Gasteiger partial charge in [-0.3, -0.25) is 4.98 Å². The zero-order chi connectivity index (χ0) is 12.8. The molecule has 0 fully saturated rings. The lowest BCUT2D eigenvalue weighted by Crippen LogP contribution is -2.19. The first kappa shape index (κ1) is 13.1. The van der Waals surface area contributed by atoms with E-state index in [0.29, 0.717) is 6.61 Å². The Labute approximate surface area is 112 Å². The summed E-state index contributed by atoms with van der Waals surface area (Å²) in [6.45, 7) is 2.70. The summed E-state index contributed by atoms with van der Waals surface area (Å²) in [5, 5.41) is 3.35. The summed E-state index contributed by atoms with van der Waals surface area (Å²) in [4.78, 5) is 5.40. The van der Waals surface area contributed by atoms with Crippen molar-refractivity contribution in [2.24, 2.45) is 0 Å². The highest BCUT2D eigenvalue weighted by Crippen LogP contribution is 2.28. The standard InChI is InChI=1S/C14H18N2OS/c1-3-17-14-7-5-4-6-12(14)13(15-2)8-11-9-16-10-18-11/h4-7,9-10,13,15H,3,8H2,1-2H3. The van der Waals surface area contributed by atoms with Gasteiger partial charge in [0.05, 0.1) is 12.1 Å². The number of thiazole rings is 1. The Hall–Kier alpha value is -1.39. The Morgan fingerprint density at radius 2 is 2.22 bits per heavy atom. The summed E-state index contributed by atoms with van der Waals surface area (Å²) < 4.78 is 5.69. The summed E-state index contributed by atoms with van der Waals surface area (Å²) in [5.74, 6) is 0.962. The molecule has 0 bridgehead atoms. The highest BCUT2D eigenvalue weighted by molar-refractivity contribution is 7.09. The number of hydrogen-bond acceptors (Lipinski definition) is 4. The van der Waals surface area contributed by atoms with Gasteiger partial charge in [-0.25, -0.2) is 0 Å². The Morgan fingerprint density at radius 3 is 2.89 bits per heavy atom. The molecule has 1 aromatic heterocycles. The first-order valence-corrected chi connectivity index (χ1v) is 6.99. The molecule has 1 atom stereocenters. The van der Waals surface area contributed by atoms with Crippen molar-refractivity contribution in [3.05, 3.63) is 46.4 Å². The van der Waals surface area contributed by atoms with Gasteiger partial charge < -0.3 is 10.1 Å². The van der Waals surface area contributed by atoms with Crippen LogP contribution in [0.1, 0.15) is 23.4 Å². The minimum atomic E-state index is 0.258. The number of benzene rings is 1. The van der Waals surface area contributed by atoms with Crippen molar-refractivity contribution in [3.63, 3.8) is 0 Å². The second-order valence-corrected chi connectivity index (χ2v) is 4.95. The maximum Gasteiger partial charge on any atom is 0.124 e. The van der Waals surface area contributed by atoms with Gasteiger partial charge >= 0.3 is 0 Å². The third-order valence-electron chi connectivity index (χ3n) is 2.83. The monoisotopic (exact) mass is 262 g/mol. The maximum atomic E-state index is 5.69. The van der Waals surface area contributed by atoms with Gasteiger partial charge in [-0.05, 0) is 20.0 Å². The van der Waals surface area contributed by atoms with E-state index in [2.05, 4.69) is 22.4 Å².